The summed E-state index contributed by atoms with van der Waals surface area (Å²) < 4.78 is 13.0. The molecule has 21 heavy (non-hydrogen) atoms. The van der Waals surface area contributed by atoms with Crippen molar-refractivity contribution in [1.82, 2.24) is 5.32 Å². The minimum Gasteiger partial charge on any atom is -0.384 e. The first kappa shape index (κ1) is 15.5. The van der Waals surface area contributed by atoms with Gasteiger partial charge in [-0.3, -0.25) is 4.79 Å². The van der Waals surface area contributed by atoms with E-state index in [-0.39, 0.29) is 17.5 Å². The number of aliphatic hydroxyl groups excluding tert-OH is 1. The monoisotopic (exact) mass is 323 g/mol. The van der Waals surface area contributed by atoms with Crippen LogP contribution in [0.15, 0.2) is 30.3 Å². The highest BCUT2D eigenvalue weighted by Gasteiger charge is 2.09. The van der Waals surface area contributed by atoms with Crippen LogP contribution < -0.4 is 5.32 Å². The van der Waals surface area contributed by atoms with Gasteiger partial charge in [-0.15, -0.1) is 11.3 Å². The highest BCUT2D eigenvalue weighted by molar-refractivity contribution is 7.12. The number of benzene rings is 1. The second kappa shape index (κ2) is 7.23. The van der Waals surface area contributed by atoms with Gasteiger partial charge in [-0.1, -0.05) is 23.4 Å². The summed E-state index contributed by atoms with van der Waals surface area (Å²) in [6.07, 6.45) is 0. The lowest BCUT2D eigenvalue weighted by atomic mass is 10.2. The van der Waals surface area contributed by atoms with Gasteiger partial charge in [-0.05, 0) is 30.3 Å². The van der Waals surface area contributed by atoms with Crippen LogP contribution in [0.3, 0.4) is 0 Å². The van der Waals surface area contributed by atoms with Gasteiger partial charge in [0.25, 0.3) is 5.91 Å². The van der Waals surface area contributed by atoms with Gasteiger partial charge in [-0.25, -0.2) is 4.39 Å². The third-order valence-corrected chi connectivity index (χ3v) is 3.85. The van der Waals surface area contributed by atoms with Crippen LogP contribution in [0.1, 0.15) is 20.1 Å². The van der Waals surface area contributed by atoms with E-state index in [1.54, 1.807) is 0 Å². The van der Waals surface area contributed by atoms with Crippen LogP contribution >= 0.6 is 22.9 Å². The largest absolute Gasteiger partial charge is 0.384 e. The number of rotatable bonds is 3. The van der Waals surface area contributed by atoms with Crippen LogP contribution in [-0.4, -0.2) is 17.6 Å². The maximum Gasteiger partial charge on any atom is 0.251 e. The molecule has 3 nitrogen and oxygen atoms in total. The third kappa shape index (κ3) is 4.30. The number of aliphatic hydroxyl groups is 1. The average Bonchev–Trinajstić information content (AvgIpc) is 2.93. The number of halogens is 2. The molecule has 0 atom stereocenters. The van der Waals surface area contributed by atoms with Crippen LogP contribution in [0.5, 0.6) is 0 Å². The maximum atomic E-state index is 13.0. The Morgan fingerprint density at radius 1 is 1.38 bits per heavy atom. The van der Waals surface area contributed by atoms with Crippen molar-refractivity contribution in [2.45, 2.75) is 6.54 Å². The maximum absolute atomic E-state index is 13.0. The summed E-state index contributed by atoms with van der Waals surface area (Å²) in [5.74, 6) is 4.47. The van der Waals surface area contributed by atoms with Crippen LogP contribution in [0.4, 0.5) is 4.39 Å². The predicted molar refractivity (Wildman–Crippen MR) is 80.9 cm³/mol. The van der Waals surface area contributed by atoms with E-state index in [4.69, 9.17) is 16.7 Å². The highest BCUT2D eigenvalue weighted by Crippen LogP contribution is 2.17. The number of nitrogens with one attached hydrogen (secondary N) is 1. The van der Waals surface area contributed by atoms with Gasteiger partial charge in [0.15, 0.2) is 0 Å². The average molecular weight is 324 g/mol. The molecule has 0 fully saturated rings. The number of carbonyl (C=O) groups is 1. The zero-order valence-corrected chi connectivity index (χ0v) is 12.4. The fraction of sp³-hybridized carbons (Fsp3) is 0.133. The molecular weight excluding hydrogens is 313 g/mol. The number of amides is 1. The molecule has 1 heterocycles. The van der Waals surface area contributed by atoms with E-state index in [1.807, 2.05) is 12.1 Å². The molecule has 0 aliphatic carbocycles. The third-order valence-electron chi connectivity index (χ3n) is 2.56. The van der Waals surface area contributed by atoms with E-state index in [2.05, 4.69) is 17.2 Å². The summed E-state index contributed by atoms with van der Waals surface area (Å²) in [7, 11) is 0. The molecule has 0 saturated carbocycles. The lowest BCUT2D eigenvalue weighted by Gasteiger charge is -2.04. The zero-order valence-electron chi connectivity index (χ0n) is 10.8. The molecule has 2 rings (SSSR count). The van der Waals surface area contributed by atoms with Gasteiger partial charge >= 0.3 is 0 Å². The first-order valence-electron chi connectivity index (χ1n) is 6.02. The van der Waals surface area contributed by atoms with Gasteiger partial charge in [0, 0.05) is 10.4 Å². The lowest BCUT2D eigenvalue weighted by molar-refractivity contribution is 0.0951. The Kier molecular flexibility index (Phi) is 5.34. The normalized spacial score (nSPS) is 9.86. The number of thiophene rings is 1. The Bertz CT molecular complexity index is 718. The Morgan fingerprint density at radius 2 is 2.19 bits per heavy atom. The first-order valence-corrected chi connectivity index (χ1v) is 7.21. The Hall–Kier alpha value is -1.87. The second-order valence-electron chi connectivity index (χ2n) is 4.04. The van der Waals surface area contributed by atoms with Crippen molar-refractivity contribution < 1.29 is 14.3 Å². The molecule has 0 bridgehead atoms. The van der Waals surface area contributed by atoms with Crippen LogP contribution in [-0.2, 0) is 6.54 Å². The van der Waals surface area contributed by atoms with E-state index in [0.717, 1.165) is 15.8 Å². The molecular formula is C15H11ClFNO2S. The van der Waals surface area contributed by atoms with E-state index in [0.29, 0.717) is 12.1 Å². The molecule has 0 radical (unpaired) electrons. The van der Waals surface area contributed by atoms with E-state index < -0.39 is 5.82 Å². The van der Waals surface area contributed by atoms with Crippen LogP contribution in [0.2, 0.25) is 5.02 Å². The molecule has 0 saturated heterocycles. The Morgan fingerprint density at radius 3 is 2.90 bits per heavy atom. The molecule has 0 unspecified atom stereocenters. The molecule has 6 heteroatoms. The zero-order chi connectivity index (χ0) is 15.2. The quantitative estimate of drug-likeness (QED) is 0.853. The molecule has 1 amide bonds. The minimum atomic E-state index is -0.557. The molecule has 1 aromatic heterocycles. The standard InChI is InChI=1S/C15H11ClFNO2S/c16-13-8-10(3-6-14(13)17)15(20)18-9-12-5-4-11(21-12)2-1-7-19/h3-6,8,19H,7,9H2,(H,18,20). The summed E-state index contributed by atoms with van der Waals surface area (Å²) in [4.78, 5) is 13.7. The topological polar surface area (TPSA) is 49.3 Å². The van der Waals surface area contributed by atoms with Gasteiger partial charge in [0.2, 0.25) is 0 Å². The van der Waals surface area contributed by atoms with E-state index in [1.165, 1.54) is 23.5 Å². The van der Waals surface area contributed by atoms with Crippen molar-refractivity contribution in [2.24, 2.45) is 0 Å². The predicted octanol–water partition coefficient (Wildman–Crippen LogP) is 2.81. The summed E-state index contributed by atoms with van der Waals surface area (Å²) in [6.45, 7) is 0.161. The fourth-order valence-electron chi connectivity index (χ4n) is 1.57. The summed E-state index contributed by atoms with van der Waals surface area (Å²) in [6, 6.07) is 7.50. The molecule has 0 spiro atoms. The van der Waals surface area contributed by atoms with Gasteiger partial charge < -0.3 is 10.4 Å². The van der Waals surface area contributed by atoms with Crippen molar-refractivity contribution in [1.29, 1.82) is 0 Å². The van der Waals surface area contributed by atoms with Gasteiger partial charge in [0.1, 0.15) is 12.4 Å². The molecule has 0 aliphatic rings. The summed E-state index contributed by atoms with van der Waals surface area (Å²) >= 11 is 7.07. The van der Waals surface area contributed by atoms with Crippen molar-refractivity contribution in [3.8, 4) is 11.8 Å². The number of hydrogen-bond acceptors (Lipinski definition) is 3. The molecule has 0 aliphatic heterocycles. The number of carbonyl (C=O) groups excluding carboxylic acids is 1. The van der Waals surface area contributed by atoms with Crippen molar-refractivity contribution >= 4 is 28.8 Å². The van der Waals surface area contributed by atoms with Gasteiger partial charge in [0.05, 0.1) is 16.4 Å². The SMILES string of the molecule is O=C(NCc1ccc(C#CCO)s1)c1ccc(F)c(Cl)c1. The van der Waals surface area contributed by atoms with Gasteiger partial charge in [-0.2, -0.15) is 0 Å². The van der Waals surface area contributed by atoms with Crippen molar-refractivity contribution in [3.63, 3.8) is 0 Å². The van der Waals surface area contributed by atoms with Crippen molar-refractivity contribution in [3.05, 3.63) is 56.5 Å². The number of hydrogen-bond donors (Lipinski definition) is 2. The van der Waals surface area contributed by atoms with E-state index in [9.17, 15) is 9.18 Å². The second-order valence-corrected chi connectivity index (χ2v) is 5.61. The molecule has 108 valence electrons. The fourth-order valence-corrected chi connectivity index (χ4v) is 2.58. The van der Waals surface area contributed by atoms with Crippen LogP contribution in [0, 0.1) is 17.7 Å². The van der Waals surface area contributed by atoms with E-state index >= 15 is 0 Å². The van der Waals surface area contributed by atoms with Crippen molar-refractivity contribution in [2.75, 3.05) is 6.61 Å². The molecule has 1 aromatic carbocycles. The smallest absolute Gasteiger partial charge is 0.251 e. The summed E-state index contributed by atoms with van der Waals surface area (Å²) in [5, 5.41) is 11.3. The highest BCUT2D eigenvalue weighted by atomic mass is 35.5. The molecule has 2 N–H and O–H groups in total. The van der Waals surface area contributed by atoms with Crippen LogP contribution in [0.25, 0.3) is 0 Å². The summed E-state index contributed by atoms with van der Waals surface area (Å²) in [5.41, 5.74) is 0.304. The molecule has 2 aromatic rings. The Balaban J connectivity index is 1.97. The lowest BCUT2D eigenvalue weighted by Crippen LogP contribution is -2.22. The Labute approximate surface area is 130 Å². The minimum absolute atomic E-state index is 0.0830. The first-order chi connectivity index (χ1) is 10.1.